The molecule has 8 heteroatoms. The zero-order chi connectivity index (χ0) is 18.8. The molecule has 0 bridgehead atoms. The SMILES string of the molecule is COc1ccccc1-c1nnc(SCc2cc(F)cc3cccnc23)n1N. The first-order chi connectivity index (χ1) is 13.2. The molecule has 2 N–H and O–H groups in total. The maximum Gasteiger partial charge on any atom is 0.210 e. The molecule has 0 amide bonds. The van der Waals surface area contributed by atoms with E-state index < -0.39 is 0 Å². The first kappa shape index (κ1) is 17.3. The van der Waals surface area contributed by atoms with Gasteiger partial charge in [0.1, 0.15) is 11.6 Å². The summed E-state index contributed by atoms with van der Waals surface area (Å²) in [7, 11) is 1.59. The second-order valence-corrected chi connectivity index (χ2v) is 6.75. The van der Waals surface area contributed by atoms with Crippen LogP contribution in [0.2, 0.25) is 0 Å². The summed E-state index contributed by atoms with van der Waals surface area (Å²) in [6.45, 7) is 0. The van der Waals surface area contributed by atoms with E-state index >= 15 is 0 Å². The third-order valence-corrected chi connectivity index (χ3v) is 5.11. The minimum Gasteiger partial charge on any atom is -0.496 e. The summed E-state index contributed by atoms with van der Waals surface area (Å²) in [6.07, 6.45) is 1.69. The van der Waals surface area contributed by atoms with Gasteiger partial charge >= 0.3 is 0 Å². The van der Waals surface area contributed by atoms with Gasteiger partial charge in [-0.2, -0.15) is 0 Å². The van der Waals surface area contributed by atoms with Crippen molar-refractivity contribution in [2.75, 3.05) is 13.0 Å². The lowest BCUT2D eigenvalue weighted by Crippen LogP contribution is -2.12. The van der Waals surface area contributed by atoms with Crippen molar-refractivity contribution in [2.24, 2.45) is 0 Å². The quantitative estimate of drug-likeness (QED) is 0.420. The third-order valence-electron chi connectivity index (χ3n) is 4.12. The van der Waals surface area contributed by atoms with Crippen LogP contribution < -0.4 is 10.6 Å². The highest BCUT2D eigenvalue weighted by molar-refractivity contribution is 7.98. The van der Waals surface area contributed by atoms with Gasteiger partial charge in [-0.1, -0.05) is 30.0 Å². The second-order valence-electron chi connectivity index (χ2n) is 5.81. The van der Waals surface area contributed by atoms with Crippen molar-refractivity contribution in [3.05, 3.63) is 66.1 Å². The molecule has 0 spiro atoms. The van der Waals surface area contributed by atoms with Crippen molar-refractivity contribution in [1.82, 2.24) is 19.9 Å². The van der Waals surface area contributed by atoms with E-state index in [0.29, 0.717) is 22.5 Å². The molecule has 27 heavy (non-hydrogen) atoms. The Balaban J connectivity index is 1.63. The van der Waals surface area contributed by atoms with Gasteiger partial charge in [-0.3, -0.25) is 4.98 Å². The minimum absolute atomic E-state index is 0.296. The number of rotatable bonds is 5. The average Bonchev–Trinajstić information content (AvgIpc) is 3.06. The van der Waals surface area contributed by atoms with E-state index in [2.05, 4.69) is 15.2 Å². The molecule has 0 fully saturated rings. The predicted octanol–water partition coefficient (Wildman–Crippen LogP) is 3.65. The summed E-state index contributed by atoms with van der Waals surface area (Å²) in [6, 6.07) is 14.0. The Hall–Kier alpha value is -3.13. The number of pyridine rings is 1. The molecule has 0 aliphatic carbocycles. The molecule has 2 aromatic heterocycles. The Kier molecular flexibility index (Phi) is 4.64. The highest BCUT2D eigenvalue weighted by Gasteiger charge is 2.16. The summed E-state index contributed by atoms with van der Waals surface area (Å²) >= 11 is 1.37. The Morgan fingerprint density at radius 3 is 2.85 bits per heavy atom. The van der Waals surface area contributed by atoms with Crippen molar-refractivity contribution in [3.8, 4) is 17.1 Å². The molecule has 0 atom stereocenters. The van der Waals surface area contributed by atoms with Crippen molar-refractivity contribution in [3.63, 3.8) is 0 Å². The second kappa shape index (κ2) is 7.24. The van der Waals surface area contributed by atoms with E-state index in [1.807, 2.05) is 30.3 Å². The topological polar surface area (TPSA) is 78.9 Å². The molecule has 136 valence electrons. The Morgan fingerprint density at radius 2 is 2.00 bits per heavy atom. The Morgan fingerprint density at radius 1 is 1.15 bits per heavy atom. The Labute approximate surface area is 159 Å². The molecular weight excluding hydrogens is 365 g/mol. The molecule has 4 aromatic rings. The fourth-order valence-corrected chi connectivity index (χ4v) is 3.70. The predicted molar refractivity (Wildman–Crippen MR) is 103 cm³/mol. The van der Waals surface area contributed by atoms with Gasteiger partial charge in [0.05, 0.1) is 18.2 Å². The molecule has 0 saturated heterocycles. The van der Waals surface area contributed by atoms with Crippen molar-refractivity contribution in [2.45, 2.75) is 10.9 Å². The Bertz CT molecular complexity index is 1110. The van der Waals surface area contributed by atoms with Crippen LogP contribution in [0.25, 0.3) is 22.3 Å². The van der Waals surface area contributed by atoms with Gasteiger partial charge in [0.15, 0.2) is 5.82 Å². The molecule has 0 radical (unpaired) electrons. The monoisotopic (exact) mass is 381 g/mol. The van der Waals surface area contributed by atoms with Crippen LogP contribution in [-0.2, 0) is 5.75 Å². The van der Waals surface area contributed by atoms with Crippen molar-refractivity contribution in [1.29, 1.82) is 0 Å². The number of nitrogens with two attached hydrogens (primary N) is 1. The fraction of sp³-hybridized carbons (Fsp3) is 0.105. The number of benzene rings is 2. The molecule has 0 saturated carbocycles. The number of hydrogen-bond donors (Lipinski definition) is 1. The van der Waals surface area contributed by atoms with Crippen LogP contribution in [-0.4, -0.2) is 27.0 Å². The number of aromatic nitrogens is 4. The van der Waals surface area contributed by atoms with E-state index in [1.165, 1.54) is 28.6 Å². The van der Waals surface area contributed by atoms with Crippen LogP contribution in [0.1, 0.15) is 5.56 Å². The third kappa shape index (κ3) is 3.31. The first-order valence-corrected chi connectivity index (χ1v) is 9.16. The van der Waals surface area contributed by atoms with E-state index in [4.69, 9.17) is 10.6 Å². The number of nitrogen functional groups attached to an aromatic ring is 1. The van der Waals surface area contributed by atoms with Gasteiger partial charge in [-0.15, -0.1) is 10.2 Å². The van der Waals surface area contributed by atoms with Crippen LogP contribution >= 0.6 is 11.8 Å². The number of thioether (sulfide) groups is 1. The van der Waals surface area contributed by atoms with Gasteiger partial charge in [0, 0.05) is 17.3 Å². The lowest BCUT2D eigenvalue weighted by molar-refractivity contribution is 0.416. The number of halogens is 1. The number of methoxy groups -OCH3 is 1. The molecule has 0 aliphatic rings. The highest BCUT2D eigenvalue weighted by Crippen LogP contribution is 2.31. The summed E-state index contributed by atoms with van der Waals surface area (Å²) in [5.41, 5.74) is 2.29. The standard InChI is InChI=1S/C19H16FN5OS/c1-26-16-7-3-2-6-15(16)18-23-24-19(25(18)21)27-11-13-10-14(20)9-12-5-4-8-22-17(12)13/h2-10H,11,21H2,1H3. The van der Waals surface area contributed by atoms with Gasteiger partial charge in [0.2, 0.25) is 5.16 Å². The molecule has 4 rings (SSSR count). The maximum atomic E-state index is 13.9. The van der Waals surface area contributed by atoms with Crippen LogP contribution in [0.3, 0.4) is 0 Å². The fourth-order valence-electron chi connectivity index (χ4n) is 2.87. The van der Waals surface area contributed by atoms with E-state index in [9.17, 15) is 4.39 Å². The number of nitrogens with zero attached hydrogens (tertiary/aromatic N) is 4. The first-order valence-electron chi connectivity index (χ1n) is 8.17. The number of para-hydroxylation sites is 1. The van der Waals surface area contributed by atoms with Crippen molar-refractivity contribution >= 4 is 22.7 Å². The van der Waals surface area contributed by atoms with E-state index in [0.717, 1.165) is 22.0 Å². The number of fused-ring (bicyclic) bond motifs is 1. The van der Waals surface area contributed by atoms with E-state index in [-0.39, 0.29) is 5.82 Å². The largest absolute Gasteiger partial charge is 0.496 e. The highest BCUT2D eigenvalue weighted by atomic mass is 32.2. The number of ether oxygens (including phenoxy) is 1. The smallest absolute Gasteiger partial charge is 0.210 e. The summed E-state index contributed by atoms with van der Waals surface area (Å²) in [4.78, 5) is 4.36. The van der Waals surface area contributed by atoms with Crippen LogP contribution in [0, 0.1) is 5.82 Å². The molecule has 2 aromatic carbocycles. The summed E-state index contributed by atoms with van der Waals surface area (Å²) in [5.74, 6) is 7.52. The zero-order valence-corrected chi connectivity index (χ0v) is 15.3. The molecule has 0 unspecified atom stereocenters. The summed E-state index contributed by atoms with van der Waals surface area (Å²) < 4.78 is 20.7. The number of hydrogen-bond acceptors (Lipinski definition) is 6. The normalized spacial score (nSPS) is 11.0. The van der Waals surface area contributed by atoms with Gasteiger partial charge in [-0.05, 0) is 35.9 Å². The molecule has 0 aliphatic heterocycles. The lowest BCUT2D eigenvalue weighted by Gasteiger charge is -2.08. The van der Waals surface area contributed by atoms with Gasteiger partial charge in [-0.25, -0.2) is 9.07 Å². The van der Waals surface area contributed by atoms with Gasteiger partial charge < -0.3 is 10.6 Å². The van der Waals surface area contributed by atoms with E-state index in [1.54, 1.807) is 19.4 Å². The zero-order valence-electron chi connectivity index (χ0n) is 14.5. The van der Waals surface area contributed by atoms with Gasteiger partial charge in [0.25, 0.3) is 0 Å². The lowest BCUT2D eigenvalue weighted by atomic mass is 10.1. The molecule has 6 nitrogen and oxygen atoms in total. The molecule has 2 heterocycles. The summed E-state index contributed by atoms with van der Waals surface area (Å²) in [5, 5.41) is 9.63. The average molecular weight is 381 g/mol. The van der Waals surface area contributed by atoms with Crippen LogP contribution in [0.5, 0.6) is 5.75 Å². The molecular formula is C19H16FN5OS. The van der Waals surface area contributed by atoms with Crippen LogP contribution in [0.4, 0.5) is 4.39 Å². The van der Waals surface area contributed by atoms with Crippen LogP contribution in [0.15, 0.2) is 59.9 Å². The minimum atomic E-state index is -0.296. The maximum absolute atomic E-state index is 13.9. The van der Waals surface area contributed by atoms with Crippen molar-refractivity contribution < 1.29 is 9.13 Å².